The summed E-state index contributed by atoms with van der Waals surface area (Å²) >= 11 is 0. The van der Waals surface area contributed by atoms with E-state index in [-0.39, 0.29) is 5.91 Å². The van der Waals surface area contributed by atoms with Crippen LogP contribution in [0.4, 0.5) is 0 Å². The first kappa shape index (κ1) is 13.6. The van der Waals surface area contributed by atoms with Crippen molar-refractivity contribution < 1.29 is 4.79 Å². The van der Waals surface area contributed by atoms with E-state index in [4.69, 9.17) is 5.73 Å². The van der Waals surface area contributed by atoms with Gasteiger partial charge in [0.25, 0.3) is 0 Å². The van der Waals surface area contributed by atoms with Crippen LogP contribution in [0.1, 0.15) is 12.5 Å². The predicted octanol–water partition coefficient (Wildman–Crippen LogP) is 1.53. The molecule has 2 aromatic rings. The average Bonchev–Trinajstić information content (AvgIpc) is 2.72. The van der Waals surface area contributed by atoms with Crippen molar-refractivity contribution in [2.45, 2.75) is 19.4 Å². The minimum Gasteiger partial charge on any atom is -0.350 e. The second-order valence-corrected chi connectivity index (χ2v) is 5.08. The van der Waals surface area contributed by atoms with E-state index in [0.29, 0.717) is 6.54 Å². The van der Waals surface area contributed by atoms with Gasteiger partial charge in [-0.3, -0.25) is 4.79 Å². The zero-order valence-corrected chi connectivity index (χ0v) is 11.8. The van der Waals surface area contributed by atoms with E-state index in [1.165, 1.54) is 16.5 Å². The van der Waals surface area contributed by atoms with Crippen molar-refractivity contribution in [1.29, 1.82) is 0 Å². The maximum atomic E-state index is 11.7. The van der Waals surface area contributed by atoms with E-state index >= 15 is 0 Å². The van der Waals surface area contributed by atoms with Crippen LogP contribution in [0.15, 0.2) is 30.5 Å². The van der Waals surface area contributed by atoms with Crippen molar-refractivity contribution in [1.82, 2.24) is 9.47 Å². The summed E-state index contributed by atoms with van der Waals surface area (Å²) in [5.41, 5.74) is 8.09. The normalized spacial score (nSPS) is 12.6. The fourth-order valence-electron chi connectivity index (χ4n) is 2.37. The Kier molecular flexibility index (Phi) is 3.90. The van der Waals surface area contributed by atoms with Crippen LogP contribution in [0.2, 0.25) is 0 Å². The van der Waals surface area contributed by atoms with Crippen LogP contribution in [-0.4, -0.2) is 35.0 Å². The number of likely N-dealkylation sites (N-methyl/N-ethyl adjacent to an activating group) is 1. The van der Waals surface area contributed by atoms with Crippen LogP contribution >= 0.6 is 0 Å². The molecule has 1 atom stereocenters. The number of carbonyl (C=O) groups excluding carboxylic acids is 1. The van der Waals surface area contributed by atoms with Gasteiger partial charge in [-0.05, 0) is 25.0 Å². The molecule has 1 aromatic heterocycles. The Morgan fingerprint density at radius 1 is 1.42 bits per heavy atom. The molecule has 19 heavy (non-hydrogen) atoms. The standard InChI is InChI=1S/C15H21N3O/c1-11(16)15(19)17(2)9-8-12-10-18(3)14-7-5-4-6-13(12)14/h4-7,10-11H,8-9,16H2,1-3H3. The molecule has 0 radical (unpaired) electrons. The number of aryl methyl sites for hydroxylation is 1. The van der Waals surface area contributed by atoms with Gasteiger partial charge in [0.1, 0.15) is 0 Å². The zero-order chi connectivity index (χ0) is 14.0. The Morgan fingerprint density at radius 3 is 2.79 bits per heavy atom. The lowest BCUT2D eigenvalue weighted by molar-refractivity contribution is -0.130. The molecule has 1 heterocycles. The molecule has 1 aromatic carbocycles. The van der Waals surface area contributed by atoms with Gasteiger partial charge in [0.15, 0.2) is 0 Å². The topological polar surface area (TPSA) is 51.3 Å². The van der Waals surface area contributed by atoms with E-state index in [9.17, 15) is 4.79 Å². The molecule has 0 saturated carbocycles. The Bertz CT molecular complexity index is 586. The lowest BCUT2D eigenvalue weighted by Crippen LogP contribution is -2.40. The first-order chi connectivity index (χ1) is 9.00. The number of para-hydroxylation sites is 1. The molecule has 0 spiro atoms. The molecule has 0 fully saturated rings. The smallest absolute Gasteiger partial charge is 0.238 e. The van der Waals surface area contributed by atoms with Crippen molar-refractivity contribution in [2.24, 2.45) is 12.8 Å². The molecule has 102 valence electrons. The number of hydrogen-bond donors (Lipinski definition) is 1. The van der Waals surface area contributed by atoms with Crippen LogP contribution in [0, 0.1) is 0 Å². The third-order valence-corrected chi connectivity index (χ3v) is 3.46. The summed E-state index contributed by atoms with van der Waals surface area (Å²) in [4.78, 5) is 13.4. The van der Waals surface area contributed by atoms with Crippen LogP contribution < -0.4 is 5.73 Å². The summed E-state index contributed by atoms with van der Waals surface area (Å²) in [6, 6.07) is 7.88. The first-order valence-corrected chi connectivity index (χ1v) is 6.54. The fourth-order valence-corrected chi connectivity index (χ4v) is 2.37. The molecule has 4 nitrogen and oxygen atoms in total. The Balaban J connectivity index is 2.12. The molecule has 1 amide bonds. The quantitative estimate of drug-likeness (QED) is 0.905. The largest absolute Gasteiger partial charge is 0.350 e. The SMILES string of the molecule is CC(N)C(=O)N(C)CCc1cn(C)c2ccccc12. The minimum absolute atomic E-state index is 0.0137. The van der Waals surface area contributed by atoms with Crippen molar-refractivity contribution in [3.8, 4) is 0 Å². The summed E-state index contributed by atoms with van der Waals surface area (Å²) in [5, 5.41) is 1.26. The maximum absolute atomic E-state index is 11.7. The molecule has 4 heteroatoms. The van der Waals surface area contributed by atoms with Gasteiger partial charge in [-0.2, -0.15) is 0 Å². The van der Waals surface area contributed by atoms with Crippen LogP contribution in [0.25, 0.3) is 10.9 Å². The highest BCUT2D eigenvalue weighted by Crippen LogP contribution is 2.20. The van der Waals surface area contributed by atoms with E-state index in [1.807, 2.05) is 19.2 Å². The molecule has 2 N–H and O–H groups in total. The van der Waals surface area contributed by atoms with Gasteiger partial charge in [-0.25, -0.2) is 0 Å². The Labute approximate surface area is 113 Å². The maximum Gasteiger partial charge on any atom is 0.238 e. The first-order valence-electron chi connectivity index (χ1n) is 6.54. The van der Waals surface area contributed by atoms with Gasteiger partial charge >= 0.3 is 0 Å². The average molecular weight is 259 g/mol. The zero-order valence-electron chi connectivity index (χ0n) is 11.8. The van der Waals surface area contributed by atoms with Crippen molar-refractivity contribution in [2.75, 3.05) is 13.6 Å². The van der Waals surface area contributed by atoms with Crippen LogP contribution in [0.5, 0.6) is 0 Å². The number of aromatic nitrogens is 1. The van der Waals surface area contributed by atoms with Crippen molar-refractivity contribution >= 4 is 16.8 Å². The van der Waals surface area contributed by atoms with Gasteiger partial charge in [0.2, 0.25) is 5.91 Å². The second-order valence-electron chi connectivity index (χ2n) is 5.08. The van der Waals surface area contributed by atoms with Gasteiger partial charge in [-0.1, -0.05) is 18.2 Å². The summed E-state index contributed by atoms with van der Waals surface area (Å²) < 4.78 is 2.12. The number of fused-ring (bicyclic) bond motifs is 1. The van der Waals surface area contributed by atoms with E-state index in [2.05, 4.69) is 22.9 Å². The fraction of sp³-hybridized carbons (Fsp3) is 0.400. The van der Waals surface area contributed by atoms with Crippen molar-refractivity contribution in [3.63, 3.8) is 0 Å². The summed E-state index contributed by atoms with van der Waals surface area (Å²) in [7, 11) is 3.85. The molecule has 2 rings (SSSR count). The van der Waals surface area contributed by atoms with Gasteiger partial charge in [0, 0.05) is 37.7 Å². The highest BCUT2D eigenvalue weighted by atomic mass is 16.2. The van der Waals surface area contributed by atoms with Crippen molar-refractivity contribution in [3.05, 3.63) is 36.0 Å². The Hall–Kier alpha value is -1.81. The predicted molar refractivity (Wildman–Crippen MR) is 77.9 cm³/mol. The number of nitrogens with zero attached hydrogens (tertiary/aromatic N) is 2. The molecule has 0 aliphatic heterocycles. The number of amides is 1. The second kappa shape index (κ2) is 5.45. The molecular formula is C15H21N3O. The number of benzene rings is 1. The number of nitrogens with two attached hydrogens (primary N) is 1. The lowest BCUT2D eigenvalue weighted by atomic mass is 10.1. The third-order valence-electron chi connectivity index (χ3n) is 3.46. The van der Waals surface area contributed by atoms with E-state index in [1.54, 1.807) is 18.9 Å². The highest BCUT2D eigenvalue weighted by molar-refractivity contribution is 5.84. The van der Waals surface area contributed by atoms with Gasteiger partial charge < -0.3 is 15.2 Å². The molecular weight excluding hydrogens is 238 g/mol. The highest BCUT2D eigenvalue weighted by Gasteiger charge is 2.14. The molecule has 0 saturated heterocycles. The number of hydrogen-bond acceptors (Lipinski definition) is 2. The summed E-state index contributed by atoms with van der Waals surface area (Å²) in [6.07, 6.45) is 2.98. The minimum atomic E-state index is -0.433. The van der Waals surface area contributed by atoms with Crippen LogP contribution in [0.3, 0.4) is 0 Å². The molecule has 1 unspecified atom stereocenters. The lowest BCUT2D eigenvalue weighted by Gasteiger charge is -2.18. The molecule has 0 aliphatic rings. The van der Waals surface area contributed by atoms with Gasteiger partial charge in [-0.15, -0.1) is 0 Å². The van der Waals surface area contributed by atoms with Crippen LogP contribution in [-0.2, 0) is 18.3 Å². The number of carbonyl (C=O) groups is 1. The van der Waals surface area contributed by atoms with E-state index in [0.717, 1.165) is 6.42 Å². The summed E-state index contributed by atoms with van der Waals surface area (Å²) in [5.74, 6) is -0.0137. The third kappa shape index (κ3) is 2.79. The Morgan fingerprint density at radius 2 is 2.11 bits per heavy atom. The monoisotopic (exact) mass is 259 g/mol. The molecule has 0 aliphatic carbocycles. The molecule has 0 bridgehead atoms. The van der Waals surface area contributed by atoms with E-state index < -0.39 is 6.04 Å². The summed E-state index contributed by atoms with van der Waals surface area (Å²) in [6.45, 7) is 2.41. The number of rotatable bonds is 4. The van der Waals surface area contributed by atoms with Gasteiger partial charge in [0.05, 0.1) is 6.04 Å².